The fourth-order valence-corrected chi connectivity index (χ4v) is 0. The van der Waals surface area contributed by atoms with E-state index in [0.717, 1.165) is 0 Å². The highest BCUT2D eigenvalue weighted by molar-refractivity contribution is 7.87. The van der Waals surface area contributed by atoms with E-state index in [-0.39, 0.29) is 13.5 Å². The molecule has 0 saturated heterocycles. The quantitative estimate of drug-likeness (QED) is 0.261. The van der Waals surface area contributed by atoms with Gasteiger partial charge in [-0.25, -0.2) is 0 Å². The van der Waals surface area contributed by atoms with Crippen LogP contribution in [0, 0.1) is 0 Å². The summed E-state index contributed by atoms with van der Waals surface area (Å²) in [6.45, 7) is 0. The van der Waals surface area contributed by atoms with E-state index in [4.69, 9.17) is 38.9 Å². The summed E-state index contributed by atoms with van der Waals surface area (Å²) in [4.78, 5) is 0. The molecular weight excluding hydrogens is 479 g/mol. The molecule has 0 aromatic rings. The lowest BCUT2D eigenvalue weighted by atomic mass is 11.6. The van der Waals surface area contributed by atoms with E-state index in [9.17, 15) is 39.5 Å². The normalized spacial score (nSPS) is 13.4. The van der Waals surface area contributed by atoms with Gasteiger partial charge in [0.05, 0.1) is 0 Å². The Balaban J connectivity index is -0.000000130. The van der Waals surface area contributed by atoms with Crippen molar-refractivity contribution in [2.24, 2.45) is 0 Å². The van der Waals surface area contributed by atoms with Crippen LogP contribution in [0.2, 0.25) is 0 Å². The lowest BCUT2D eigenvalue weighted by Gasteiger charge is -1.97. The molecule has 0 heterocycles. The summed E-state index contributed by atoms with van der Waals surface area (Å²) in [7, 11) is -17.5. The molecule has 22 heteroatoms. The first kappa shape index (κ1) is 32.1. The Kier molecular flexibility index (Phi) is 12.1. The molecule has 0 radical (unpaired) electrons. The molecular formula is C3H5F9O9S4. The Labute approximate surface area is 139 Å². The highest BCUT2D eigenvalue weighted by Gasteiger charge is 2.45. The van der Waals surface area contributed by atoms with Crippen molar-refractivity contribution in [3.63, 3.8) is 0 Å². The highest BCUT2D eigenvalue weighted by atomic mass is 32.2. The Morgan fingerprint density at radius 3 is 0.480 bits per heavy atom. The summed E-state index contributed by atoms with van der Waals surface area (Å²) >= 11 is 0. The van der Waals surface area contributed by atoms with Crippen molar-refractivity contribution >= 4 is 43.9 Å². The first-order valence-electron chi connectivity index (χ1n) is 3.86. The summed E-state index contributed by atoms with van der Waals surface area (Å²) in [5, 5.41) is 0. The van der Waals surface area contributed by atoms with Gasteiger partial charge in [-0.3, -0.25) is 13.7 Å². The Bertz CT molecular complexity index is 593. The van der Waals surface area contributed by atoms with E-state index in [1.807, 2.05) is 0 Å². The first-order valence-corrected chi connectivity index (χ1v) is 8.18. The lowest BCUT2D eigenvalue weighted by molar-refractivity contribution is -0.0514. The van der Waals surface area contributed by atoms with E-state index in [1.54, 1.807) is 0 Å². The van der Waals surface area contributed by atoms with Gasteiger partial charge in [0.1, 0.15) is 0 Å². The molecule has 0 aromatic heterocycles. The smallest absolute Gasteiger partial charge is 0.279 e. The molecule has 0 aliphatic carbocycles. The van der Waals surface area contributed by atoms with Crippen LogP contribution < -0.4 is 0 Å². The van der Waals surface area contributed by atoms with Crippen molar-refractivity contribution in [1.29, 1.82) is 0 Å². The Morgan fingerprint density at radius 2 is 0.480 bits per heavy atom. The molecule has 158 valence electrons. The van der Waals surface area contributed by atoms with Crippen molar-refractivity contribution in [3.8, 4) is 0 Å². The van der Waals surface area contributed by atoms with E-state index in [2.05, 4.69) is 0 Å². The Hall–Kier alpha value is -0.550. The van der Waals surface area contributed by atoms with Crippen LogP contribution in [0.5, 0.6) is 0 Å². The van der Waals surface area contributed by atoms with Crippen LogP contribution in [0.4, 0.5) is 39.5 Å². The zero-order chi connectivity index (χ0) is 21.0. The molecule has 0 aliphatic heterocycles. The van der Waals surface area contributed by atoms with E-state index in [1.165, 1.54) is 0 Å². The van der Waals surface area contributed by atoms with Gasteiger partial charge in [-0.2, -0.15) is 78.3 Å². The topological polar surface area (TPSA) is 163 Å². The van der Waals surface area contributed by atoms with Crippen molar-refractivity contribution in [2.75, 3.05) is 0 Å². The summed E-state index contributed by atoms with van der Waals surface area (Å²) < 4.78 is 173. The van der Waals surface area contributed by atoms with Crippen molar-refractivity contribution in [2.45, 2.75) is 16.5 Å². The second kappa shape index (κ2) is 9.40. The molecule has 9 nitrogen and oxygen atoms in total. The largest absolute Gasteiger partial charge is 0.522 e. The van der Waals surface area contributed by atoms with E-state index in [0.29, 0.717) is 0 Å². The SMILES string of the molecule is O=S(=O)(O)C(F)(F)F.O=S(=O)(O)C(F)(F)F.O=S(=O)(O)C(F)(F)F.S. The summed E-state index contributed by atoms with van der Waals surface area (Å²) in [5.41, 5.74) is -16.6. The molecule has 0 bridgehead atoms. The van der Waals surface area contributed by atoms with Crippen LogP contribution in [-0.2, 0) is 30.4 Å². The first-order chi connectivity index (χ1) is 9.75. The van der Waals surface area contributed by atoms with Gasteiger partial charge in [-0.15, -0.1) is 0 Å². The highest BCUT2D eigenvalue weighted by Crippen LogP contribution is 2.21. The monoisotopic (exact) mass is 484 g/mol. The van der Waals surface area contributed by atoms with Crippen LogP contribution >= 0.6 is 13.5 Å². The maximum Gasteiger partial charge on any atom is 0.522 e. The van der Waals surface area contributed by atoms with Crippen LogP contribution in [0.1, 0.15) is 0 Å². The molecule has 25 heavy (non-hydrogen) atoms. The molecule has 0 aromatic carbocycles. The molecule has 0 aliphatic rings. The van der Waals surface area contributed by atoms with E-state index >= 15 is 0 Å². The van der Waals surface area contributed by atoms with Gasteiger partial charge < -0.3 is 0 Å². The summed E-state index contributed by atoms with van der Waals surface area (Å²) in [6.07, 6.45) is 0. The van der Waals surface area contributed by atoms with Crippen molar-refractivity contribution in [3.05, 3.63) is 0 Å². The second-order valence-corrected chi connectivity index (χ2v) is 7.00. The van der Waals surface area contributed by atoms with Crippen molar-refractivity contribution < 1.29 is 78.4 Å². The molecule has 0 saturated carbocycles. The predicted molar refractivity (Wildman–Crippen MR) is 63.2 cm³/mol. The average Bonchev–Trinajstić information content (AvgIpc) is 2.08. The zero-order valence-electron chi connectivity index (χ0n) is 10.4. The number of alkyl halides is 9. The fourth-order valence-electron chi connectivity index (χ4n) is 0. The minimum atomic E-state index is -5.84. The average molecular weight is 484 g/mol. The van der Waals surface area contributed by atoms with Gasteiger partial charge >= 0.3 is 46.9 Å². The van der Waals surface area contributed by atoms with Crippen LogP contribution in [0.3, 0.4) is 0 Å². The molecule has 0 atom stereocenters. The number of rotatable bonds is 0. The Morgan fingerprint density at radius 1 is 0.440 bits per heavy atom. The predicted octanol–water partition coefficient (Wildman–Crippen LogP) is 1.29. The third kappa shape index (κ3) is 15.4. The van der Waals surface area contributed by atoms with Gasteiger partial charge in [-0.1, -0.05) is 0 Å². The summed E-state index contributed by atoms with van der Waals surface area (Å²) in [5.74, 6) is 0. The molecule has 0 fully saturated rings. The molecule has 3 N–H and O–H groups in total. The van der Waals surface area contributed by atoms with Crippen LogP contribution in [0.15, 0.2) is 0 Å². The fraction of sp³-hybridized carbons (Fsp3) is 1.00. The van der Waals surface area contributed by atoms with Gasteiger partial charge in [0.2, 0.25) is 0 Å². The van der Waals surface area contributed by atoms with Gasteiger partial charge in [-0.05, 0) is 0 Å². The standard InChI is InChI=1S/3CHF3O3S.H2S/c3*2-1(3,4)8(5,6)7;/h3*(H,5,6,7);1H2. The molecule has 0 spiro atoms. The summed E-state index contributed by atoms with van der Waals surface area (Å²) in [6, 6.07) is 0. The number of halogens is 9. The van der Waals surface area contributed by atoms with Gasteiger partial charge in [0.15, 0.2) is 0 Å². The maximum absolute atomic E-state index is 10.7. The third-order valence-corrected chi connectivity index (χ3v) is 2.63. The minimum absolute atomic E-state index is 0. The number of hydrogen-bond acceptors (Lipinski definition) is 6. The maximum atomic E-state index is 10.7. The minimum Gasteiger partial charge on any atom is -0.279 e. The number of hydrogen-bond donors (Lipinski definition) is 3. The lowest BCUT2D eigenvalue weighted by Crippen LogP contribution is -2.21. The van der Waals surface area contributed by atoms with Gasteiger partial charge in [0.25, 0.3) is 0 Å². The van der Waals surface area contributed by atoms with Crippen molar-refractivity contribution in [1.82, 2.24) is 0 Å². The molecule has 0 rings (SSSR count). The third-order valence-electron chi connectivity index (χ3n) is 0.877. The van der Waals surface area contributed by atoms with Crippen LogP contribution in [0.25, 0.3) is 0 Å². The molecule has 0 unspecified atom stereocenters. The zero-order valence-corrected chi connectivity index (χ0v) is 13.9. The second-order valence-electron chi connectivity index (χ2n) is 2.76. The molecule has 0 amide bonds. The van der Waals surface area contributed by atoms with E-state index < -0.39 is 46.9 Å². The van der Waals surface area contributed by atoms with Gasteiger partial charge in [0, 0.05) is 0 Å². The van der Waals surface area contributed by atoms with Crippen LogP contribution in [-0.4, -0.2) is 55.4 Å².